The lowest BCUT2D eigenvalue weighted by molar-refractivity contribution is -0.384. The second kappa shape index (κ2) is 6.95. The zero-order valence-electron chi connectivity index (χ0n) is 9.90. The highest BCUT2D eigenvalue weighted by atomic mass is 79.9. The number of carbonyl (C=O) groups is 1. The molecule has 0 unspecified atom stereocenters. The number of halogens is 1. The highest BCUT2D eigenvalue weighted by Crippen LogP contribution is 2.27. The molecule has 0 saturated carbocycles. The lowest BCUT2D eigenvalue weighted by atomic mass is 10.2. The summed E-state index contributed by atoms with van der Waals surface area (Å²) in [5.74, 6) is -0.0789. The molecule has 6 nitrogen and oxygen atoms in total. The molecule has 0 aliphatic carbocycles. The van der Waals surface area contributed by atoms with E-state index in [0.29, 0.717) is 23.2 Å². The van der Waals surface area contributed by atoms with Crippen LogP contribution in [0, 0.1) is 10.1 Å². The van der Waals surface area contributed by atoms with E-state index in [1.165, 1.54) is 6.07 Å². The summed E-state index contributed by atoms with van der Waals surface area (Å²) in [6, 6.07) is 4.75. The number of amides is 1. The van der Waals surface area contributed by atoms with Crippen LogP contribution in [0.2, 0.25) is 0 Å². The second-order valence-corrected chi connectivity index (χ2v) is 4.46. The molecule has 18 heavy (non-hydrogen) atoms. The van der Waals surface area contributed by atoms with Crippen molar-refractivity contribution >= 4 is 33.2 Å². The quantitative estimate of drug-likeness (QED) is 0.623. The predicted octanol–water partition coefficient (Wildman–Crippen LogP) is 2.30. The first-order valence-electron chi connectivity index (χ1n) is 5.49. The standard InChI is InChI=1S/C11H14BrN3O3/c1-2-13-11(16)5-6-14-9-4-3-8(12)7-10(9)15(17)18/h3-4,7,14H,2,5-6H2,1H3,(H,13,16). The van der Waals surface area contributed by atoms with Gasteiger partial charge in [0.05, 0.1) is 4.92 Å². The Morgan fingerprint density at radius 2 is 2.22 bits per heavy atom. The van der Waals surface area contributed by atoms with Gasteiger partial charge < -0.3 is 10.6 Å². The smallest absolute Gasteiger partial charge is 0.293 e. The van der Waals surface area contributed by atoms with Crippen LogP contribution in [0.15, 0.2) is 22.7 Å². The van der Waals surface area contributed by atoms with Crippen molar-refractivity contribution in [2.75, 3.05) is 18.4 Å². The average Bonchev–Trinajstić information content (AvgIpc) is 2.31. The van der Waals surface area contributed by atoms with Gasteiger partial charge in [-0.25, -0.2) is 0 Å². The van der Waals surface area contributed by atoms with Crippen LogP contribution in [0.1, 0.15) is 13.3 Å². The fourth-order valence-corrected chi connectivity index (χ4v) is 1.75. The van der Waals surface area contributed by atoms with E-state index in [-0.39, 0.29) is 18.0 Å². The van der Waals surface area contributed by atoms with E-state index in [1.807, 2.05) is 6.92 Å². The van der Waals surface area contributed by atoms with Crippen LogP contribution in [0.4, 0.5) is 11.4 Å². The molecule has 0 fully saturated rings. The Balaban J connectivity index is 2.62. The van der Waals surface area contributed by atoms with Gasteiger partial charge in [0.25, 0.3) is 5.69 Å². The van der Waals surface area contributed by atoms with Gasteiger partial charge in [-0.1, -0.05) is 15.9 Å². The molecule has 1 amide bonds. The summed E-state index contributed by atoms with van der Waals surface area (Å²) >= 11 is 3.18. The Kier molecular flexibility index (Phi) is 5.57. The summed E-state index contributed by atoms with van der Waals surface area (Å²) in [5, 5.41) is 16.4. The maximum absolute atomic E-state index is 11.2. The lowest BCUT2D eigenvalue weighted by Gasteiger charge is -2.07. The summed E-state index contributed by atoms with van der Waals surface area (Å²) in [5.41, 5.74) is 0.396. The third kappa shape index (κ3) is 4.33. The Morgan fingerprint density at radius 1 is 1.50 bits per heavy atom. The molecule has 0 bridgehead atoms. The van der Waals surface area contributed by atoms with Crippen LogP contribution >= 0.6 is 15.9 Å². The van der Waals surface area contributed by atoms with Gasteiger partial charge in [-0.2, -0.15) is 0 Å². The summed E-state index contributed by atoms with van der Waals surface area (Å²) < 4.78 is 0.642. The first-order valence-corrected chi connectivity index (χ1v) is 6.28. The molecule has 98 valence electrons. The fraction of sp³-hybridized carbons (Fsp3) is 0.364. The number of benzene rings is 1. The maximum atomic E-state index is 11.2. The number of rotatable bonds is 6. The molecule has 1 aromatic rings. The summed E-state index contributed by atoms with van der Waals surface area (Å²) in [6.07, 6.45) is 0.279. The van der Waals surface area contributed by atoms with E-state index in [2.05, 4.69) is 26.6 Å². The number of nitro groups is 1. The van der Waals surface area contributed by atoms with E-state index in [0.717, 1.165) is 0 Å². The van der Waals surface area contributed by atoms with Crippen molar-refractivity contribution in [1.29, 1.82) is 0 Å². The maximum Gasteiger partial charge on any atom is 0.293 e. The number of hydrogen-bond acceptors (Lipinski definition) is 4. The minimum absolute atomic E-state index is 0.0136. The summed E-state index contributed by atoms with van der Waals surface area (Å²) in [6.45, 7) is 2.77. The normalized spacial score (nSPS) is 9.89. The van der Waals surface area contributed by atoms with E-state index in [1.54, 1.807) is 12.1 Å². The van der Waals surface area contributed by atoms with Gasteiger partial charge in [0.2, 0.25) is 5.91 Å². The highest BCUT2D eigenvalue weighted by Gasteiger charge is 2.13. The number of nitrogens with zero attached hydrogens (tertiary/aromatic N) is 1. The number of nitrogens with one attached hydrogen (secondary N) is 2. The van der Waals surface area contributed by atoms with Crippen LogP contribution in [0.5, 0.6) is 0 Å². The van der Waals surface area contributed by atoms with Crippen molar-refractivity contribution in [3.05, 3.63) is 32.8 Å². The van der Waals surface area contributed by atoms with Gasteiger partial charge in [0, 0.05) is 30.0 Å². The van der Waals surface area contributed by atoms with Crippen molar-refractivity contribution in [1.82, 2.24) is 5.32 Å². The number of hydrogen-bond donors (Lipinski definition) is 2. The van der Waals surface area contributed by atoms with Crippen molar-refractivity contribution in [3.63, 3.8) is 0 Å². The molecule has 0 aliphatic rings. The second-order valence-electron chi connectivity index (χ2n) is 3.55. The fourth-order valence-electron chi connectivity index (χ4n) is 1.40. The number of nitro benzene ring substituents is 1. The summed E-state index contributed by atoms with van der Waals surface area (Å²) in [4.78, 5) is 21.6. The van der Waals surface area contributed by atoms with Crippen molar-refractivity contribution in [2.45, 2.75) is 13.3 Å². The number of carbonyl (C=O) groups excluding carboxylic acids is 1. The van der Waals surface area contributed by atoms with E-state index in [4.69, 9.17) is 0 Å². The summed E-state index contributed by atoms with van der Waals surface area (Å²) in [7, 11) is 0. The lowest BCUT2D eigenvalue weighted by Crippen LogP contribution is -2.24. The van der Waals surface area contributed by atoms with E-state index >= 15 is 0 Å². The predicted molar refractivity (Wildman–Crippen MR) is 72.6 cm³/mol. The van der Waals surface area contributed by atoms with Crippen LogP contribution in [0.3, 0.4) is 0 Å². The average molecular weight is 316 g/mol. The molecule has 1 aromatic carbocycles. The number of anilines is 1. The monoisotopic (exact) mass is 315 g/mol. The van der Waals surface area contributed by atoms with E-state index < -0.39 is 4.92 Å². The minimum atomic E-state index is -0.459. The molecular weight excluding hydrogens is 302 g/mol. The molecule has 0 aromatic heterocycles. The van der Waals surface area contributed by atoms with E-state index in [9.17, 15) is 14.9 Å². The van der Waals surface area contributed by atoms with Gasteiger partial charge in [-0.05, 0) is 19.1 Å². The Bertz CT molecular complexity index is 451. The molecule has 0 heterocycles. The molecule has 7 heteroatoms. The third-order valence-electron chi connectivity index (χ3n) is 2.20. The van der Waals surface area contributed by atoms with Gasteiger partial charge in [0.1, 0.15) is 5.69 Å². The molecule has 0 radical (unpaired) electrons. The topological polar surface area (TPSA) is 84.3 Å². The zero-order valence-corrected chi connectivity index (χ0v) is 11.5. The van der Waals surface area contributed by atoms with Crippen molar-refractivity contribution in [3.8, 4) is 0 Å². The molecular formula is C11H14BrN3O3. The molecule has 1 rings (SSSR count). The van der Waals surface area contributed by atoms with Gasteiger partial charge in [-0.15, -0.1) is 0 Å². The Hall–Kier alpha value is -1.63. The third-order valence-corrected chi connectivity index (χ3v) is 2.69. The molecule has 2 N–H and O–H groups in total. The van der Waals surface area contributed by atoms with Crippen LogP contribution in [0.25, 0.3) is 0 Å². The SMILES string of the molecule is CCNC(=O)CCNc1ccc(Br)cc1[N+](=O)[O-]. The van der Waals surface area contributed by atoms with Crippen LogP contribution < -0.4 is 10.6 Å². The van der Waals surface area contributed by atoms with Crippen molar-refractivity contribution < 1.29 is 9.72 Å². The highest BCUT2D eigenvalue weighted by molar-refractivity contribution is 9.10. The Labute approximate surface area is 113 Å². The molecule has 0 atom stereocenters. The molecule has 0 aliphatic heterocycles. The zero-order chi connectivity index (χ0) is 13.5. The first-order chi connectivity index (χ1) is 8.54. The van der Waals surface area contributed by atoms with Gasteiger partial charge in [0.15, 0.2) is 0 Å². The van der Waals surface area contributed by atoms with Crippen molar-refractivity contribution in [2.24, 2.45) is 0 Å². The molecule has 0 spiro atoms. The Morgan fingerprint density at radius 3 is 2.83 bits per heavy atom. The van der Waals surface area contributed by atoms with Gasteiger partial charge >= 0.3 is 0 Å². The van der Waals surface area contributed by atoms with Crippen LogP contribution in [-0.4, -0.2) is 23.9 Å². The largest absolute Gasteiger partial charge is 0.379 e. The van der Waals surface area contributed by atoms with Crippen LogP contribution in [-0.2, 0) is 4.79 Å². The first kappa shape index (κ1) is 14.4. The minimum Gasteiger partial charge on any atom is -0.379 e. The van der Waals surface area contributed by atoms with Gasteiger partial charge in [-0.3, -0.25) is 14.9 Å². The molecule has 0 saturated heterocycles.